The fourth-order valence-corrected chi connectivity index (χ4v) is 1.98. The standard InChI is InChI=1S/C14H20FNO2/c1-13(2,15)9-7-10(14(3,4)16)12-11(8-9)17-5-6-18-12/h7-8H,5-6,16H2,1-4H3. The molecule has 0 amide bonds. The molecular weight excluding hydrogens is 233 g/mol. The summed E-state index contributed by atoms with van der Waals surface area (Å²) in [4.78, 5) is 0. The average Bonchev–Trinajstić information content (AvgIpc) is 2.25. The first kappa shape index (κ1) is 13.1. The Morgan fingerprint density at radius 1 is 1.11 bits per heavy atom. The number of fused-ring (bicyclic) bond motifs is 1. The highest BCUT2D eigenvalue weighted by molar-refractivity contribution is 5.53. The van der Waals surface area contributed by atoms with Crippen LogP contribution in [0.15, 0.2) is 12.1 Å². The molecule has 2 N–H and O–H groups in total. The first-order valence-corrected chi connectivity index (χ1v) is 6.12. The summed E-state index contributed by atoms with van der Waals surface area (Å²) in [7, 11) is 0. The number of hydrogen-bond donors (Lipinski definition) is 1. The highest BCUT2D eigenvalue weighted by Gasteiger charge is 2.29. The van der Waals surface area contributed by atoms with Crippen LogP contribution in [0.2, 0.25) is 0 Å². The van der Waals surface area contributed by atoms with E-state index in [0.717, 1.165) is 5.56 Å². The number of nitrogens with two attached hydrogens (primary N) is 1. The molecule has 1 aromatic rings. The Bertz CT molecular complexity index is 458. The lowest BCUT2D eigenvalue weighted by Gasteiger charge is -2.29. The number of benzene rings is 1. The first-order chi connectivity index (χ1) is 8.19. The SMILES string of the molecule is CC(C)(N)c1cc(C(C)(C)F)cc2c1OCCO2. The molecule has 1 aliphatic heterocycles. The van der Waals surface area contributed by atoms with Crippen molar-refractivity contribution in [2.24, 2.45) is 5.73 Å². The number of halogens is 1. The van der Waals surface area contributed by atoms with Gasteiger partial charge in [-0.1, -0.05) is 0 Å². The molecule has 0 saturated heterocycles. The zero-order chi connectivity index (χ0) is 13.6. The molecule has 0 radical (unpaired) electrons. The Morgan fingerprint density at radius 2 is 1.72 bits per heavy atom. The molecule has 100 valence electrons. The van der Waals surface area contributed by atoms with Crippen LogP contribution in [0.25, 0.3) is 0 Å². The van der Waals surface area contributed by atoms with E-state index in [1.165, 1.54) is 13.8 Å². The normalized spacial score (nSPS) is 15.7. The van der Waals surface area contributed by atoms with E-state index in [1.54, 1.807) is 12.1 Å². The zero-order valence-corrected chi connectivity index (χ0v) is 11.3. The van der Waals surface area contributed by atoms with Crippen molar-refractivity contribution in [1.82, 2.24) is 0 Å². The van der Waals surface area contributed by atoms with Gasteiger partial charge >= 0.3 is 0 Å². The largest absolute Gasteiger partial charge is 0.486 e. The van der Waals surface area contributed by atoms with Gasteiger partial charge in [-0.25, -0.2) is 4.39 Å². The molecule has 2 rings (SSSR count). The molecule has 18 heavy (non-hydrogen) atoms. The molecule has 1 aliphatic rings. The third-order valence-electron chi connectivity index (χ3n) is 3.02. The Kier molecular flexibility index (Phi) is 3.01. The van der Waals surface area contributed by atoms with E-state index < -0.39 is 11.2 Å². The van der Waals surface area contributed by atoms with E-state index in [1.807, 2.05) is 13.8 Å². The van der Waals surface area contributed by atoms with Crippen LogP contribution in [-0.2, 0) is 11.2 Å². The van der Waals surface area contributed by atoms with E-state index in [0.29, 0.717) is 30.3 Å². The van der Waals surface area contributed by atoms with Gasteiger partial charge < -0.3 is 15.2 Å². The minimum Gasteiger partial charge on any atom is -0.486 e. The van der Waals surface area contributed by atoms with Crippen LogP contribution in [0.5, 0.6) is 11.5 Å². The molecule has 0 unspecified atom stereocenters. The maximum absolute atomic E-state index is 14.1. The van der Waals surface area contributed by atoms with E-state index >= 15 is 0 Å². The summed E-state index contributed by atoms with van der Waals surface area (Å²) >= 11 is 0. The fraction of sp³-hybridized carbons (Fsp3) is 0.571. The van der Waals surface area contributed by atoms with Crippen molar-refractivity contribution >= 4 is 0 Å². The van der Waals surface area contributed by atoms with Gasteiger partial charge in [0.2, 0.25) is 0 Å². The first-order valence-electron chi connectivity index (χ1n) is 6.12. The maximum Gasteiger partial charge on any atom is 0.166 e. The fourth-order valence-electron chi connectivity index (χ4n) is 1.98. The van der Waals surface area contributed by atoms with Crippen LogP contribution >= 0.6 is 0 Å². The molecule has 0 aromatic heterocycles. The molecule has 1 heterocycles. The number of alkyl halides is 1. The van der Waals surface area contributed by atoms with Crippen molar-refractivity contribution in [3.63, 3.8) is 0 Å². The van der Waals surface area contributed by atoms with Crippen LogP contribution in [-0.4, -0.2) is 13.2 Å². The van der Waals surface area contributed by atoms with Crippen molar-refractivity contribution < 1.29 is 13.9 Å². The van der Waals surface area contributed by atoms with E-state index in [-0.39, 0.29) is 0 Å². The lowest BCUT2D eigenvalue weighted by Crippen LogP contribution is -2.31. The van der Waals surface area contributed by atoms with Crippen LogP contribution in [0.3, 0.4) is 0 Å². The minimum absolute atomic E-state index is 0.480. The second kappa shape index (κ2) is 4.12. The summed E-state index contributed by atoms with van der Waals surface area (Å²) in [6.45, 7) is 7.75. The molecule has 0 saturated carbocycles. The molecule has 1 aromatic carbocycles. The number of ether oxygens (including phenoxy) is 2. The Labute approximate surface area is 107 Å². The zero-order valence-electron chi connectivity index (χ0n) is 11.3. The minimum atomic E-state index is -1.43. The molecule has 4 heteroatoms. The van der Waals surface area contributed by atoms with Gasteiger partial charge in [0, 0.05) is 11.1 Å². The Balaban J connectivity index is 2.63. The quantitative estimate of drug-likeness (QED) is 0.881. The summed E-state index contributed by atoms with van der Waals surface area (Å²) < 4.78 is 25.3. The molecule has 0 spiro atoms. The smallest absolute Gasteiger partial charge is 0.166 e. The van der Waals surface area contributed by atoms with Gasteiger partial charge in [0.05, 0.1) is 0 Å². The van der Waals surface area contributed by atoms with Gasteiger partial charge in [-0.3, -0.25) is 0 Å². The maximum atomic E-state index is 14.1. The molecule has 3 nitrogen and oxygen atoms in total. The second-order valence-electron chi connectivity index (χ2n) is 5.74. The summed E-state index contributed by atoms with van der Waals surface area (Å²) in [6, 6.07) is 3.47. The van der Waals surface area contributed by atoms with E-state index in [4.69, 9.17) is 15.2 Å². The molecule has 0 atom stereocenters. The van der Waals surface area contributed by atoms with Crippen LogP contribution in [0.1, 0.15) is 38.8 Å². The summed E-state index contributed by atoms with van der Waals surface area (Å²) in [5.74, 6) is 1.22. The number of hydrogen-bond acceptors (Lipinski definition) is 3. The van der Waals surface area contributed by atoms with Crippen molar-refractivity contribution in [2.45, 2.75) is 38.9 Å². The summed E-state index contributed by atoms with van der Waals surface area (Å²) in [5.41, 5.74) is 5.43. The van der Waals surface area contributed by atoms with Gasteiger partial charge in [-0.2, -0.15) is 0 Å². The van der Waals surface area contributed by atoms with Crippen molar-refractivity contribution in [3.8, 4) is 11.5 Å². The predicted molar refractivity (Wildman–Crippen MR) is 68.8 cm³/mol. The molecule has 0 fully saturated rings. The highest BCUT2D eigenvalue weighted by Crippen LogP contribution is 2.42. The second-order valence-corrected chi connectivity index (χ2v) is 5.74. The highest BCUT2D eigenvalue weighted by atomic mass is 19.1. The lowest BCUT2D eigenvalue weighted by molar-refractivity contribution is 0.165. The van der Waals surface area contributed by atoms with Crippen LogP contribution < -0.4 is 15.2 Å². The van der Waals surface area contributed by atoms with Crippen molar-refractivity contribution in [2.75, 3.05) is 13.2 Å². The topological polar surface area (TPSA) is 44.5 Å². The van der Waals surface area contributed by atoms with Crippen LogP contribution in [0, 0.1) is 0 Å². The van der Waals surface area contributed by atoms with Gasteiger partial charge in [0.25, 0.3) is 0 Å². The Morgan fingerprint density at radius 3 is 2.28 bits per heavy atom. The number of rotatable bonds is 2. The monoisotopic (exact) mass is 253 g/mol. The van der Waals surface area contributed by atoms with Crippen molar-refractivity contribution in [3.05, 3.63) is 23.3 Å². The van der Waals surface area contributed by atoms with E-state index in [9.17, 15) is 4.39 Å². The summed E-state index contributed by atoms with van der Waals surface area (Å²) in [5, 5.41) is 0. The predicted octanol–water partition coefficient (Wildman–Crippen LogP) is 2.86. The van der Waals surface area contributed by atoms with E-state index in [2.05, 4.69) is 0 Å². The third-order valence-corrected chi connectivity index (χ3v) is 3.02. The summed E-state index contributed by atoms with van der Waals surface area (Å²) in [6.07, 6.45) is 0. The van der Waals surface area contributed by atoms with Gasteiger partial charge in [-0.05, 0) is 45.4 Å². The Hall–Kier alpha value is -1.29. The molecule has 0 aliphatic carbocycles. The molecule has 0 bridgehead atoms. The van der Waals surface area contributed by atoms with Gasteiger partial charge in [0.1, 0.15) is 18.9 Å². The van der Waals surface area contributed by atoms with Gasteiger partial charge in [0.15, 0.2) is 11.5 Å². The third kappa shape index (κ3) is 2.43. The molecular formula is C14H20FNO2. The van der Waals surface area contributed by atoms with Gasteiger partial charge in [-0.15, -0.1) is 0 Å². The lowest BCUT2D eigenvalue weighted by atomic mass is 9.88. The van der Waals surface area contributed by atoms with Crippen molar-refractivity contribution in [1.29, 1.82) is 0 Å². The van der Waals surface area contributed by atoms with Crippen LogP contribution in [0.4, 0.5) is 4.39 Å². The average molecular weight is 253 g/mol.